The number of benzene rings is 2. The highest BCUT2D eigenvalue weighted by molar-refractivity contribution is 6.09. The minimum absolute atomic E-state index is 0.747. The summed E-state index contributed by atoms with van der Waals surface area (Å²) in [6, 6.07) is 15.7. The lowest BCUT2D eigenvalue weighted by Gasteiger charge is -2.23. The molecule has 1 aromatic heterocycles. The quantitative estimate of drug-likeness (QED) is 0.486. The summed E-state index contributed by atoms with van der Waals surface area (Å²) in [5.74, 6) is 0. The van der Waals surface area contributed by atoms with Crippen molar-refractivity contribution in [3.05, 3.63) is 48.7 Å². The van der Waals surface area contributed by atoms with Crippen LogP contribution in [-0.4, -0.2) is 24.1 Å². The Kier molecular flexibility index (Phi) is 5.12. The van der Waals surface area contributed by atoms with E-state index in [1.54, 1.807) is 0 Å². The fourth-order valence-electron chi connectivity index (χ4n) is 3.99. The Hall–Kier alpha value is -2.13. The number of nitrogens with one attached hydrogen (secondary N) is 2. The van der Waals surface area contributed by atoms with Crippen molar-refractivity contribution >= 4 is 27.4 Å². The molecule has 3 nitrogen and oxygen atoms in total. The maximum Gasteiger partial charge on any atom is 0.0729 e. The summed E-state index contributed by atoms with van der Waals surface area (Å²) < 4.78 is 0. The van der Waals surface area contributed by atoms with Gasteiger partial charge in [-0.15, -0.1) is 0 Å². The van der Waals surface area contributed by atoms with E-state index in [-0.39, 0.29) is 0 Å². The Bertz CT molecular complexity index is 783. The van der Waals surface area contributed by atoms with Crippen molar-refractivity contribution < 1.29 is 0 Å². The third-order valence-corrected chi connectivity index (χ3v) is 5.32. The lowest BCUT2D eigenvalue weighted by molar-refractivity contribution is 0.373. The molecule has 2 aromatic carbocycles. The Morgan fingerprint density at radius 1 is 0.920 bits per heavy atom. The molecular formula is C22H27N3. The molecular weight excluding hydrogens is 306 g/mol. The van der Waals surface area contributed by atoms with Crippen molar-refractivity contribution in [2.75, 3.05) is 18.4 Å². The van der Waals surface area contributed by atoms with Crippen LogP contribution in [0.3, 0.4) is 0 Å². The number of aromatic nitrogens is 1. The highest BCUT2D eigenvalue weighted by Gasteiger charge is 2.12. The van der Waals surface area contributed by atoms with E-state index in [9.17, 15) is 0 Å². The lowest BCUT2D eigenvalue weighted by atomic mass is 9.95. The molecule has 2 N–H and O–H groups in total. The van der Waals surface area contributed by atoms with Crippen LogP contribution in [0.25, 0.3) is 21.7 Å². The van der Waals surface area contributed by atoms with Gasteiger partial charge in [0.05, 0.1) is 11.2 Å². The zero-order valence-electron chi connectivity index (χ0n) is 14.8. The molecule has 25 heavy (non-hydrogen) atoms. The second-order valence-electron chi connectivity index (χ2n) is 7.11. The van der Waals surface area contributed by atoms with Gasteiger partial charge in [0.25, 0.3) is 0 Å². The first-order valence-electron chi connectivity index (χ1n) is 9.65. The van der Waals surface area contributed by atoms with Gasteiger partial charge < -0.3 is 10.6 Å². The monoisotopic (exact) mass is 333 g/mol. The maximum atomic E-state index is 4.55. The average molecular weight is 333 g/mol. The van der Waals surface area contributed by atoms with Crippen LogP contribution in [0.2, 0.25) is 0 Å². The van der Waals surface area contributed by atoms with Gasteiger partial charge in [-0.05, 0) is 49.4 Å². The normalized spacial score (nSPS) is 15.7. The smallest absolute Gasteiger partial charge is 0.0729 e. The summed E-state index contributed by atoms with van der Waals surface area (Å²) in [5, 5.41) is 11.2. The van der Waals surface area contributed by atoms with E-state index < -0.39 is 0 Å². The molecule has 3 heteroatoms. The summed E-state index contributed by atoms with van der Waals surface area (Å²) in [6.07, 6.45) is 9.92. The van der Waals surface area contributed by atoms with Crippen molar-refractivity contribution in [1.82, 2.24) is 10.3 Å². The van der Waals surface area contributed by atoms with E-state index in [2.05, 4.69) is 52.0 Å². The molecule has 130 valence electrons. The van der Waals surface area contributed by atoms with Crippen molar-refractivity contribution in [2.24, 2.45) is 0 Å². The minimum Gasteiger partial charge on any atom is -0.384 e. The van der Waals surface area contributed by atoms with E-state index in [1.807, 2.05) is 12.3 Å². The van der Waals surface area contributed by atoms with Gasteiger partial charge in [-0.3, -0.25) is 4.98 Å². The second kappa shape index (κ2) is 7.83. The Balaban J connectivity index is 1.44. The molecule has 0 radical (unpaired) electrons. The number of nitrogens with zero attached hydrogens (tertiary/aromatic N) is 1. The molecule has 0 unspecified atom stereocenters. The van der Waals surface area contributed by atoms with Crippen LogP contribution in [-0.2, 0) is 0 Å². The van der Waals surface area contributed by atoms with Gasteiger partial charge in [0.1, 0.15) is 0 Å². The van der Waals surface area contributed by atoms with Gasteiger partial charge in [-0.2, -0.15) is 0 Å². The van der Waals surface area contributed by atoms with E-state index in [1.165, 1.54) is 54.0 Å². The second-order valence-corrected chi connectivity index (χ2v) is 7.11. The van der Waals surface area contributed by atoms with Crippen LogP contribution < -0.4 is 10.6 Å². The molecule has 1 aliphatic carbocycles. The highest BCUT2D eigenvalue weighted by atomic mass is 14.9. The maximum absolute atomic E-state index is 4.55. The van der Waals surface area contributed by atoms with E-state index >= 15 is 0 Å². The number of hydrogen-bond acceptors (Lipinski definition) is 3. The van der Waals surface area contributed by atoms with E-state index in [4.69, 9.17) is 0 Å². The molecule has 1 heterocycles. The molecule has 1 saturated carbocycles. The summed E-state index contributed by atoms with van der Waals surface area (Å²) >= 11 is 0. The van der Waals surface area contributed by atoms with Crippen LogP contribution in [0.15, 0.2) is 48.7 Å². The SMILES string of the molecule is c1ccc2c(NCCCNC3CCCCC3)c3cccnc3cc2c1. The van der Waals surface area contributed by atoms with Gasteiger partial charge in [-0.25, -0.2) is 0 Å². The molecule has 0 atom stereocenters. The fourth-order valence-corrected chi connectivity index (χ4v) is 3.99. The van der Waals surface area contributed by atoms with Crippen molar-refractivity contribution in [2.45, 2.75) is 44.6 Å². The number of rotatable bonds is 6. The molecule has 1 aliphatic rings. The van der Waals surface area contributed by atoms with Crippen LogP contribution in [0.5, 0.6) is 0 Å². The molecule has 0 bridgehead atoms. The van der Waals surface area contributed by atoms with Crippen LogP contribution >= 0.6 is 0 Å². The molecule has 3 aromatic rings. The average Bonchev–Trinajstić information content (AvgIpc) is 2.68. The topological polar surface area (TPSA) is 37.0 Å². The summed E-state index contributed by atoms with van der Waals surface area (Å²) in [5.41, 5.74) is 2.28. The summed E-state index contributed by atoms with van der Waals surface area (Å²) in [7, 11) is 0. The Labute approximate surface area is 149 Å². The van der Waals surface area contributed by atoms with Gasteiger partial charge in [0, 0.05) is 29.6 Å². The first kappa shape index (κ1) is 16.3. The molecule has 1 fully saturated rings. The third kappa shape index (κ3) is 3.77. The third-order valence-electron chi connectivity index (χ3n) is 5.32. The summed E-state index contributed by atoms with van der Waals surface area (Å²) in [6.45, 7) is 2.08. The van der Waals surface area contributed by atoms with Crippen LogP contribution in [0.1, 0.15) is 38.5 Å². The van der Waals surface area contributed by atoms with Crippen molar-refractivity contribution in [3.63, 3.8) is 0 Å². The molecule has 0 saturated heterocycles. The van der Waals surface area contributed by atoms with Crippen molar-refractivity contribution in [3.8, 4) is 0 Å². The minimum atomic E-state index is 0.747. The fraction of sp³-hybridized carbons (Fsp3) is 0.409. The van der Waals surface area contributed by atoms with Crippen molar-refractivity contribution in [1.29, 1.82) is 0 Å². The zero-order chi connectivity index (χ0) is 16.9. The number of anilines is 1. The Morgan fingerprint density at radius 3 is 2.68 bits per heavy atom. The Morgan fingerprint density at radius 2 is 1.76 bits per heavy atom. The van der Waals surface area contributed by atoms with E-state index in [0.29, 0.717) is 0 Å². The van der Waals surface area contributed by atoms with Gasteiger partial charge >= 0.3 is 0 Å². The standard InChI is InChI=1S/C22H27N3/c1-2-9-18(10-3-1)23-14-7-15-25-22-19-11-5-4-8-17(19)16-21-20(22)12-6-13-24-21/h4-6,8,11-13,16,18,23,25H,1-3,7,9-10,14-15H2. The number of hydrogen-bond donors (Lipinski definition) is 2. The molecule has 0 amide bonds. The lowest BCUT2D eigenvalue weighted by Crippen LogP contribution is -2.32. The summed E-state index contributed by atoms with van der Waals surface area (Å²) in [4.78, 5) is 4.55. The van der Waals surface area contributed by atoms with Crippen LogP contribution in [0, 0.1) is 0 Å². The van der Waals surface area contributed by atoms with Gasteiger partial charge in [0.2, 0.25) is 0 Å². The van der Waals surface area contributed by atoms with Gasteiger partial charge in [-0.1, -0.05) is 43.5 Å². The highest BCUT2D eigenvalue weighted by Crippen LogP contribution is 2.31. The largest absolute Gasteiger partial charge is 0.384 e. The molecule has 0 aliphatic heterocycles. The number of fused-ring (bicyclic) bond motifs is 2. The predicted molar refractivity (Wildman–Crippen MR) is 107 cm³/mol. The number of pyridine rings is 1. The first-order valence-corrected chi connectivity index (χ1v) is 9.65. The predicted octanol–water partition coefficient (Wildman–Crippen LogP) is 5.11. The van der Waals surface area contributed by atoms with E-state index in [0.717, 1.165) is 31.1 Å². The molecule has 4 rings (SSSR count). The van der Waals surface area contributed by atoms with Crippen LogP contribution in [0.4, 0.5) is 5.69 Å². The zero-order valence-corrected chi connectivity index (χ0v) is 14.8. The first-order chi connectivity index (χ1) is 12.4. The van der Waals surface area contributed by atoms with Gasteiger partial charge in [0.15, 0.2) is 0 Å². The molecule has 0 spiro atoms.